The molecule has 2 aliphatic rings. The molecule has 0 aromatic carbocycles. The van der Waals surface area contributed by atoms with Crippen molar-refractivity contribution in [3.63, 3.8) is 0 Å². The van der Waals surface area contributed by atoms with Gasteiger partial charge in [-0.2, -0.15) is 0 Å². The normalized spacial score (nSPS) is 19.0. The Hall–Kier alpha value is -1.47. The van der Waals surface area contributed by atoms with Crippen LogP contribution in [0.25, 0.3) is 0 Å². The van der Waals surface area contributed by atoms with E-state index in [-0.39, 0.29) is 31.5 Å². The van der Waals surface area contributed by atoms with Crippen molar-refractivity contribution in [2.75, 3.05) is 32.8 Å². The number of hydrogen-bond acceptors (Lipinski definition) is 5. The Kier molecular flexibility index (Phi) is 5.69. The van der Waals surface area contributed by atoms with Gasteiger partial charge >= 0.3 is 0 Å². The molecular formula is C14H23N3O4. The summed E-state index contributed by atoms with van der Waals surface area (Å²) in [4.78, 5) is 38.4. The summed E-state index contributed by atoms with van der Waals surface area (Å²) >= 11 is 0. The molecule has 2 fully saturated rings. The van der Waals surface area contributed by atoms with Gasteiger partial charge in [0.15, 0.2) is 0 Å². The maximum absolute atomic E-state index is 11.9. The minimum Gasteiger partial charge on any atom is -0.395 e. The molecule has 7 nitrogen and oxygen atoms in total. The van der Waals surface area contributed by atoms with Gasteiger partial charge < -0.3 is 10.0 Å². The molecule has 0 aromatic heterocycles. The van der Waals surface area contributed by atoms with E-state index in [2.05, 4.69) is 5.32 Å². The third-order valence-electron chi connectivity index (χ3n) is 4.11. The molecule has 0 atom stereocenters. The van der Waals surface area contributed by atoms with E-state index in [4.69, 9.17) is 5.11 Å². The van der Waals surface area contributed by atoms with Gasteiger partial charge in [0.2, 0.25) is 17.7 Å². The van der Waals surface area contributed by atoms with Crippen LogP contribution in [0.15, 0.2) is 0 Å². The summed E-state index contributed by atoms with van der Waals surface area (Å²) in [6.45, 7) is 1.09. The van der Waals surface area contributed by atoms with Crippen LogP contribution >= 0.6 is 0 Å². The number of hydrogen-bond donors (Lipinski definition) is 2. The SMILES string of the molecule is O=C(CN1CCCC1=O)NC(=O)CN(CCO)C1CCC1. The largest absolute Gasteiger partial charge is 0.395 e. The first-order chi connectivity index (χ1) is 10.1. The van der Waals surface area contributed by atoms with Crippen molar-refractivity contribution in [3.8, 4) is 0 Å². The van der Waals surface area contributed by atoms with E-state index < -0.39 is 5.91 Å². The molecule has 0 bridgehead atoms. The van der Waals surface area contributed by atoms with Gasteiger partial charge in [-0.1, -0.05) is 6.42 Å². The number of likely N-dealkylation sites (tertiary alicyclic amines) is 1. The van der Waals surface area contributed by atoms with Gasteiger partial charge in [0.25, 0.3) is 0 Å². The standard InChI is InChI=1S/C14H23N3O4/c18-8-7-16(11-3-1-4-11)9-12(19)15-13(20)10-17-6-2-5-14(17)21/h11,18H,1-10H2,(H,15,19,20). The smallest absolute Gasteiger partial charge is 0.246 e. The fourth-order valence-electron chi connectivity index (χ4n) is 2.73. The number of nitrogens with one attached hydrogen (secondary N) is 1. The number of carbonyl (C=O) groups excluding carboxylic acids is 3. The molecule has 0 radical (unpaired) electrons. The third kappa shape index (κ3) is 4.50. The molecule has 0 aromatic rings. The van der Waals surface area contributed by atoms with Crippen molar-refractivity contribution in [3.05, 3.63) is 0 Å². The zero-order valence-electron chi connectivity index (χ0n) is 12.2. The van der Waals surface area contributed by atoms with Crippen molar-refractivity contribution in [2.45, 2.75) is 38.1 Å². The molecular weight excluding hydrogens is 274 g/mol. The number of carbonyl (C=O) groups is 3. The zero-order valence-corrected chi connectivity index (χ0v) is 12.2. The Morgan fingerprint density at radius 1 is 1.29 bits per heavy atom. The highest BCUT2D eigenvalue weighted by Crippen LogP contribution is 2.24. The third-order valence-corrected chi connectivity index (χ3v) is 4.11. The summed E-state index contributed by atoms with van der Waals surface area (Å²) < 4.78 is 0. The lowest BCUT2D eigenvalue weighted by molar-refractivity contribution is -0.136. The lowest BCUT2D eigenvalue weighted by atomic mass is 9.91. The van der Waals surface area contributed by atoms with Gasteiger partial charge in [-0.3, -0.25) is 24.6 Å². The Morgan fingerprint density at radius 3 is 2.57 bits per heavy atom. The van der Waals surface area contributed by atoms with Crippen LogP contribution in [-0.2, 0) is 14.4 Å². The Labute approximate surface area is 124 Å². The number of nitrogens with zero attached hydrogens (tertiary/aromatic N) is 2. The van der Waals surface area contributed by atoms with Crippen LogP contribution in [-0.4, -0.2) is 71.5 Å². The monoisotopic (exact) mass is 297 g/mol. The highest BCUT2D eigenvalue weighted by Gasteiger charge is 2.27. The van der Waals surface area contributed by atoms with E-state index in [0.717, 1.165) is 25.7 Å². The predicted molar refractivity (Wildman–Crippen MR) is 75.3 cm³/mol. The lowest BCUT2D eigenvalue weighted by Crippen LogP contribution is -2.49. The molecule has 1 saturated carbocycles. The predicted octanol–water partition coefficient (Wildman–Crippen LogP) is -0.902. The van der Waals surface area contributed by atoms with Crippen LogP contribution in [0.1, 0.15) is 32.1 Å². The Bertz CT molecular complexity index is 409. The molecule has 118 valence electrons. The first-order valence-electron chi connectivity index (χ1n) is 7.55. The number of amides is 3. The minimum absolute atomic E-state index is 0.00000598. The van der Waals surface area contributed by atoms with Gasteiger partial charge in [-0.05, 0) is 19.3 Å². The van der Waals surface area contributed by atoms with Crippen LogP contribution in [0.2, 0.25) is 0 Å². The number of imide groups is 1. The van der Waals surface area contributed by atoms with E-state index in [1.54, 1.807) is 0 Å². The zero-order chi connectivity index (χ0) is 15.2. The quantitative estimate of drug-likeness (QED) is 0.635. The summed E-state index contributed by atoms with van der Waals surface area (Å²) in [5.41, 5.74) is 0. The van der Waals surface area contributed by atoms with Crippen LogP contribution in [0.3, 0.4) is 0 Å². The van der Waals surface area contributed by atoms with Crippen molar-refractivity contribution < 1.29 is 19.5 Å². The van der Waals surface area contributed by atoms with E-state index in [1.165, 1.54) is 4.90 Å². The second-order valence-electron chi connectivity index (χ2n) is 5.67. The first-order valence-corrected chi connectivity index (χ1v) is 7.55. The topological polar surface area (TPSA) is 90.0 Å². The Balaban J connectivity index is 1.74. The van der Waals surface area contributed by atoms with Crippen LogP contribution < -0.4 is 5.32 Å². The van der Waals surface area contributed by atoms with Crippen molar-refractivity contribution >= 4 is 17.7 Å². The maximum atomic E-state index is 11.9. The molecule has 0 spiro atoms. The average molecular weight is 297 g/mol. The molecule has 2 rings (SSSR count). The number of aliphatic hydroxyl groups is 1. The number of aliphatic hydroxyl groups excluding tert-OH is 1. The summed E-state index contributed by atoms with van der Waals surface area (Å²) in [6.07, 6.45) is 4.45. The molecule has 1 heterocycles. The molecule has 21 heavy (non-hydrogen) atoms. The molecule has 0 unspecified atom stereocenters. The lowest BCUT2D eigenvalue weighted by Gasteiger charge is -2.36. The highest BCUT2D eigenvalue weighted by atomic mass is 16.3. The van der Waals surface area contributed by atoms with Gasteiger partial charge in [0, 0.05) is 25.6 Å². The van der Waals surface area contributed by atoms with Crippen LogP contribution in [0.5, 0.6) is 0 Å². The van der Waals surface area contributed by atoms with E-state index in [9.17, 15) is 14.4 Å². The Morgan fingerprint density at radius 2 is 2.05 bits per heavy atom. The van der Waals surface area contributed by atoms with Crippen molar-refractivity contribution in [2.24, 2.45) is 0 Å². The van der Waals surface area contributed by atoms with Crippen molar-refractivity contribution in [1.82, 2.24) is 15.1 Å². The van der Waals surface area contributed by atoms with Gasteiger partial charge in [-0.25, -0.2) is 0 Å². The fourth-order valence-corrected chi connectivity index (χ4v) is 2.73. The van der Waals surface area contributed by atoms with Crippen LogP contribution in [0, 0.1) is 0 Å². The summed E-state index contributed by atoms with van der Waals surface area (Å²) in [5.74, 6) is -0.839. The molecule has 2 N–H and O–H groups in total. The molecule has 7 heteroatoms. The van der Waals surface area contributed by atoms with Gasteiger partial charge in [0.1, 0.15) is 0 Å². The minimum atomic E-state index is -0.437. The van der Waals surface area contributed by atoms with E-state index in [0.29, 0.717) is 25.6 Å². The van der Waals surface area contributed by atoms with Gasteiger partial charge in [-0.15, -0.1) is 0 Å². The maximum Gasteiger partial charge on any atom is 0.246 e. The summed E-state index contributed by atoms with van der Waals surface area (Å²) in [6, 6.07) is 0.332. The summed E-state index contributed by atoms with van der Waals surface area (Å²) in [7, 11) is 0. The molecule has 1 saturated heterocycles. The van der Waals surface area contributed by atoms with Gasteiger partial charge in [0.05, 0.1) is 19.7 Å². The van der Waals surface area contributed by atoms with Crippen molar-refractivity contribution in [1.29, 1.82) is 0 Å². The van der Waals surface area contributed by atoms with E-state index in [1.807, 2.05) is 4.90 Å². The average Bonchev–Trinajstić information content (AvgIpc) is 2.72. The second-order valence-corrected chi connectivity index (χ2v) is 5.67. The van der Waals surface area contributed by atoms with Crippen LogP contribution in [0.4, 0.5) is 0 Å². The first kappa shape index (κ1) is 15.9. The molecule has 1 aliphatic carbocycles. The van der Waals surface area contributed by atoms with E-state index >= 15 is 0 Å². The fraction of sp³-hybridized carbons (Fsp3) is 0.786. The molecule has 3 amide bonds. The second kappa shape index (κ2) is 7.51. The molecule has 1 aliphatic heterocycles. The highest BCUT2D eigenvalue weighted by molar-refractivity contribution is 5.98. The number of rotatable bonds is 7. The summed E-state index contributed by atoms with van der Waals surface area (Å²) in [5, 5.41) is 11.4.